The zero-order valence-corrected chi connectivity index (χ0v) is 12.6. The molecule has 20 heavy (non-hydrogen) atoms. The molecule has 1 atom stereocenters. The number of hydrogen-bond donors (Lipinski definition) is 1. The first-order valence-electron chi connectivity index (χ1n) is 6.92. The molecular formula is C15H19N3OS. The third kappa shape index (κ3) is 2.51. The topological polar surface area (TPSA) is 37.4 Å². The largest absolute Gasteiger partial charge is 0.491 e. The van der Waals surface area contributed by atoms with Crippen LogP contribution in [0.25, 0.3) is 0 Å². The average molecular weight is 289 g/mol. The molecular weight excluding hydrogens is 270 g/mol. The molecule has 0 bridgehead atoms. The van der Waals surface area contributed by atoms with Crippen LogP contribution in [0.3, 0.4) is 0 Å². The van der Waals surface area contributed by atoms with Crippen molar-refractivity contribution in [2.24, 2.45) is 0 Å². The summed E-state index contributed by atoms with van der Waals surface area (Å²) in [5, 5.41) is 4.30. The van der Waals surface area contributed by atoms with Gasteiger partial charge in [-0.25, -0.2) is 4.98 Å². The van der Waals surface area contributed by atoms with E-state index in [4.69, 9.17) is 4.74 Å². The van der Waals surface area contributed by atoms with E-state index in [2.05, 4.69) is 28.2 Å². The molecule has 1 aliphatic heterocycles. The molecule has 5 heteroatoms. The van der Waals surface area contributed by atoms with Crippen LogP contribution in [0.4, 0.5) is 10.8 Å². The van der Waals surface area contributed by atoms with Crippen LogP contribution >= 0.6 is 11.3 Å². The van der Waals surface area contributed by atoms with Crippen LogP contribution in [0.1, 0.15) is 24.3 Å². The maximum Gasteiger partial charge on any atom is 0.190 e. The van der Waals surface area contributed by atoms with Gasteiger partial charge in [-0.2, -0.15) is 0 Å². The SMILES string of the molecule is CNC(C)c1cnc(N2CCCOc3ccccc32)s1. The predicted octanol–water partition coefficient (Wildman–Crippen LogP) is 3.34. The molecule has 0 radical (unpaired) electrons. The Morgan fingerprint density at radius 1 is 1.40 bits per heavy atom. The molecule has 0 saturated heterocycles. The Morgan fingerprint density at radius 2 is 2.25 bits per heavy atom. The van der Waals surface area contributed by atoms with Crippen LogP contribution in [-0.4, -0.2) is 25.2 Å². The van der Waals surface area contributed by atoms with Crippen LogP contribution in [0, 0.1) is 0 Å². The van der Waals surface area contributed by atoms with Gasteiger partial charge in [0.25, 0.3) is 0 Å². The van der Waals surface area contributed by atoms with Crippen molar-refractivity contribution in [2.75, 3.05) is 25.1 Å². The Labute approximate surface area is 123 Å². The Hall–Kier alpha value is -1.59. The zero-order valence-electron chi connectivity index (χ0n) is 11.8. The fourth-order valence-electron chi connectivity index (χ4n) is 2.27. The average Bonchev–Trinajstić information content (AvgIpc) is 2.87. The molecule has 0 aliphatic carbocycles. The lowest BCUT2D eigenvalue weighted by molar-refractivity contribution is 0.322. The number of ether oxygens (including phenoxy) is 1. The number of aromatic nitrogens is 1. The maximum absolute atomic E-state index is 5.80. The maximum atomic E-state index is 5.80. The van der Waals surface area contributed by atoms with Gasteiger partial charge in [-0.1, -0.05) is 23.5 Å². The van der Waals surface area contributed by atoms with Crippen LogP contribution in [0.15, 0.2) is 30.5 Å². The first-order valence-corrected chi connectivity index (χ1v) is 7.73. The van der Waals surface area contributed by atoms with Crippen LogP contribution in [0.5, 0.6) is 5.75 Å². The van der Waals surface area contributed by atoms with Crippen molar-refractivity contribution < 1.29 is 4.74 Å². The lowest BCUT2D eigenvalue weighted by Crippen LogP contribution is -2.17. The first kappa shape index (κ1) is 13.4. The normalized spacial score (nSPS) is 16.2. The van der Waals surface area contributed by atoms with Crippen molar-refractivity contribution >= 4 is 22.2 Å². The second kappa shape index (κ2) is 5.81. The van der Waals surface area contributed by atoms with Crippen molar-refractivity contribution in [1.82, 2.24) is 10.3 Å². The standard InChI is InChI=1S/C15H19N3OS/c1-11(16-2)14-10-17-15(20-14)18-8-5-9-19-13-7-4-3-6-12(13)18/h3-4,6-7,10-11,16H,5,8-9H2,1-2H3. The van der Waals surface area contributed by atoms with Gasteiger partial charge in [0.2, 0.25) is 0 Å². The quantitative estimate of drug-likeness (QED) is 0.940. The van der Waals surface area contributed by atoms with Crippen LogP contribution in [-0.2, 0) is 0 Å². The minimum absolute atomic E-state index is 0.333. The fourth-order valence-corrected chi connectivity index (χ4v) is 3.29. The lowest BCUT2D eigenvalue weighted by atomic mass is 10.2. The first-order chi connectivity index (χ1) is 9.79. The molecule has 3 rings (SSSR count). The second-order valence-corrected chi connectivity index (χ2v) is 5.92. The summed E-state index contributed by atoms with van der Waals surface area (Å²) in [6, 6.07) is 8.52. The Morgan fingerprint density at radius 3 is 3.10 bits per heavy atom. The van der Waals surface area contributed by atoms with Gasteiger partial charge < -0.3 is 15.0 Å². The second-order valence-electron chi connectivity index (χ2n) is 4.88. The number of benzene rings is 1. The number of rotatable bonds is 3. The lowest BCUT2D eigenvalue weighted by Gasteiger charge is -2.20. The number of para-hydroxylation sites is 2. The van der Waals surface area contributed by atoms with Gasteiger partial charge in [-0.15, -0.1) is 0 Å². The van der Waals surface area contributed by atoms with E-state index in [0.29, 0.717) is 6.04 Å². The van der Waals surface area contributed by atoms with Crippen molar-refractivity contribution in [2.45, 2.75) is 19.4 Å². The summed E-state index contributed by atoms with van der Waals surface area (Å²) in [6.45, 7) is 3.85. The minimum atomic E-state index is 0.333. The van der Waals surface area contributed by atoms with Gasteiger partial charge in [0.15, 0.2) is 5.13 Å². The molecule has 1 aliphatic rings. The van der Waals surface area contributed by atoms with E-state index >= 15 is 0 Å². The van der Waals surface area contributed by atoms with Crippen molar-refractivity contribution in [3.05, 3.63) is 35.3 Å². The highest BCUT2D eigenvalue weighted by Gasteiger charge is 2.20. The van der Waals surface area contributed by atoms with Crippen molar-refractivity contribution in [3.63, 3.8) is 0 Å². The van der Waals surface area contributed by atoms with E-state index in [-0.39, 0.29) is 0 Å². The number of fused-ring (bicyclic) bond motifs is 1. The molecule has 2 heterocycles. The predicted molar refractivity (Wildman–Crippen MR) is 83.1 cm³/mol. The van der Waals surface area contributed by atoms with E-state index in [9.17, 15) is 0 Å². The number of nitrogens with zero attached hydrogens (tertiary/aromatic N) is 2. The van der Waals surface area contributed by atoms with Crippen molar-refractivity contribution in [1.29, 1.82) is 0 Å². The highest BCUT2D eigenvalue weighted by molar-refractivity contribution is 7.15. The molecule has 0 saturated carbocycles. The van der Waals surface area contributed by atoms with Gasteiger partial charge in [-0.3, -0.25) is 0 Å². The summed E-state index contributed by atoms with van der Waals surface area (Å²) < 4.78 is 5.80. The van der Waals surface area contributed by atoms with E-state index in [1.807, 2.05) is 31.4 Å². The third-order valence-electron chi connectivity index (χ3n) is 3.54. The molecule has 106 valence electrons. The Bertz CT molecular complexity index is 584. The number of thiazole rings is 1. The zero-order chi connectivity index (χ0) is 13.9. The molecule has 0 spiro atoms. The smallest absolute Gasteiger partial charge is 0.190 e. The van der Waals surface area contributed by atoms with Crippen LogP contribution in [0.2, 0.25) is 0 Å². The molecule has 1 aromatic heterocycles. The molecule has 1 unspecified atom stereocenters. The number of nitrogens with one attached hydrogen (secondary N) is 1. The number of anilines is 2. The van der Waals surface area contributed by atoms with Gasteiger partial charge >= 0.3 is 0 Å². The summed E-state index contributed by atoms with van der Waals surface area (Å²) in [5.74, 6) is 0.948. The fraction of sp³-hybridized carbons (Fsp3) is 0.400. The molecule has 0 amide bonds. The van der Waals surface area contributed by atoms with Gasteiger partial charge in [0.1, 0.15) is 5.75 Å². The summed E-state index contributed by atoms with van der Waals surface area (Å²) in [5.41, 5.74) is 1.11. The Balaban J connectivity index is 1.95. The van der Waals surface area contributed by atoms with Crippen LogP contribution < -0.4 is 15.0 Å². The van der Waals surface area contributed by atoms with Crippen molar-refractivity contribution in [3.8, 4) is 5.75 Å². The van der Waals surface area contributed by atoms with E-state index < -0.39 is 0 Å². The molecule has 2 aromatic rings. The molecule has 4 nitrogen and oxygen atoms in total. The van der Waals surface area contributed by atoms with E-state index in [1.165, 1.54) is 4.88 Å². The van der Waals surface area contributed by atoms with Gasteiger partial charge in [0.05, 0.1) is 12.3 Å². The highest BCUT2D eigenvalue weighted by Crippen LogP contribution is 2.38. The monoisotopic (exact) mass is 289 g/mol. The molecule has 1 aromatic carbocycles. The van der Waals surface area contributed by atoms with E-state index in [1.54, 1.807) is 11.3 Å². The summed E-state index contributed by atoms with van der Waals surface area (Å²) in [7, 11) is 1.97. The van der Waals surface area contributed by atoms with E-state index in [0.717, 1.165) is 36.1 Å². The van der Waals surface area contributed by atoms with Gasteiger partial charge in [0, 0.05) is 23.7 Å². The summed E-state index contributed by atoms with van der Waals surface area (Å²) in [4.78, 5) is 8.12. The third-order valence-corrected chi connectivity index (χ3v) is 4.74. The van der Waals surface area contributed by atoms with Gasteiger partial charge in [-0.05, 0) is 32.5 Å². The highest BCUT2D eigenvalue weighted by atomic mass is 32.1. The summed E-state index contributed by atoms with van der Waals surface area (Å²) >= 11 is 1.74. The molecule has 0 fully saturated rings. The molecule has 1 N–H and O–H groups in total. The summed E-state index contributed by atoms with van der Waals surface area (Å²) in [6.07, 6.45) is 2.97. The minimum Gasteiger partial charge on any atom is -0.491 e. The number of hydrogen-bond acceptors (Lipinski definition) is 5. The Kier molecular flexibility index (Phi) is 3.89.